The molecule has 8 nitrogen and oxygen atoms in total. The van der Waals surface area contributed by atoms with Crippen LogP contribution in [0, 0.1) is 6.92 Å². The van der Waals surface area contributed by atoms with Gasteiger partial charge in [0.15, 0.2) is 17.2 Å². The number of urea groups is 1. The Morgan fingerprint density at radius 1 is 1.10 bits per heavy atom. The van der Waals surface area contributed by atoms with Crippen molar-refractivity contribution >= 4 is 17.6 Å². The minimum atomic E-state index is -0.995. The standard InChI is InChI=1S/C33H32N4O4/c1-22-12-14-23(15-13-22)16-18-35-31(38)24-7-5-9-26(19-24)37-32(39)36-28-20-33(37,2)41-30-27(28)10-6-11-29(30)40-21-25-8-3-4-17-34-25/h3-15,17,19,28H,16,18,20-21H2,1-2H3,(H,35,38)(H,36,39). The van der Waals surface area contributed by atoms with Crippen molar-refractivity contribution in [1.82, 2.24) is 15.6 Å². The van der Waals surface area contributed by atoms with Gasteiger partial charge >= 0.3 is 6.03 Å². The summed E-state index contributed by atoms with van der Waals surface area (Å²) in [6, 6.07) is 26.2. The van der Waals surface area contributed by atoms with Gasteiger partial charge in [-0.3, -0.25) is 14.7 Å². The number of carbonyl (C=O) groups is 2. The number of ether oxygens (including phenoxy) is 2. The maximum absolute atomic E-state index is 13.4. The van der Waals surface area contributed by atoms with Crippen LogP contribution in [0.2, 0.25) is 0 Å². The molecular formula is C33H32N4O4. The van der Waals surface area contributed by atoms with Crippen molar-refractivity contribution in [1.29, 1.82) is 0 Å². The van der Waals surface area contributed by atoms with Gasteiger partial charge in [-0.1, -0.05) is 54.1 Å². The topological polar surface area (TPSA) is 92.8 Å². The number of aryl methyl sites for hydroxylation is 1. The van der Waals surface area contributed by atoms with E-state index in [1.54, 1.807) is 29.3 Å². The number of nitrogens with zero attached hydrogens (tertiary/aromatic N) is 2. The molecule has 2 atom stereocenters. The van der Waals surface area contributed by atoms with Gasteiger partial charge in [-0.2, -0.15) is 0 Å². The normalized spacial score (nSPS) is 19.0. The summed E-state index contributed by atoms with van der Waals surface area (Å²) in [6.07, 6.45) is 2.99. The Morgan fingerprint density at radius 2 is 1.93 bits per heavy atom. The van der Waals surface area contributed by atoms with Crippen molar-refractivity contribution in [2.45, 2.75) is 45.1 Å². The number of carbonyl (C=O) groups excluding carboxylic acids is 2. The molecule has 2 aliphatic heterocycles. The molecule has 0 spiro atoms. The van der Waals surface area contributed by atoms with Crippen LogP contribution >= 0.6 is 0 Å². The molecule has 6 rings (SSSR count). The summed E-state index contributed by atoms with van der Waals surface area (Å²) in [5.41, 5.74) is 4.09. The van der Waals surface area contributed by atoms with Gasteiger partial charge in [-0.15, -0.1) is 0 Å². The number of nitrogens with one attached hydrogen (secondary N) is 2. The molecule has 0 aliphatic carbocycles. The highest BCUT2D eigenvalue weighted by Crippen LogP contribution is 2.49. The molecule has 2 aliphatic rings. The van der Waals surface area contributed by atoms with E-state index in [9.17, 15) is 9.59 Å². The lowest BCUT2D eigenvalue weighted by Gasteiger charge is -2.50. The predicted molar refractivity (Wildman–Crippen MR) is 156 cm³/mol. The molecule has 4 aromatic rings. The summed E-state index contributed by atoms with van der Waals surface area (Å²) in [7, 11) is 0. The van der Waals surface area contributed by atoms with Crippen LogP contribution in [0.25, 0.3) is 0 Å². The monoisotopic (exact) mass is 548 g/mol. The lowest BCUT2D eigenvalue weighted by atomic mass is 9.89. The number of fused-ring (bicyclic) bond motifs is 4. The van der Waals surface area contributed by atoms with Crippen LogP contribution in [0.4, 0.5) is 10.5 Å². The van der Waals surface area contributed by atoms with Crippen LogP contribution in [0.1, 0.15) is 52.1 Å². The van der Waals surface area contributed by atoms with Gasteiger partial charge in [0.05, 0.1) is 17.4 Å². The van der Waals surface area contributed by atoms with Crippen LogP contribution in [0.5, 0.6) is 11.5 Å². The minimum absolute atomic E-state index is 0.195. The predicted octanol–water partition coefficient (Wildman–Crippen LogP) is 5.71. The average molecular weight is 549 g/mol. The number of anilines is 1. The number of pyridine rings is 1. The first kappa shape index (κ1) is 26.4. The zero-order valence-electron chi connectivity index (χ0n) is 23.1. The zero-order chi connectivity index (χ0) is 28.4. The number of hydrogen-bond donors (Lipinski definition) is 2. The summed E-state index contributed by atoms with van der Waals surface area (Å²) >= 11 is 0. The Bertz CT molecular complexity index is 1570. The lowest BCUT2D eigenvalue weighted by molar-refractivity contribution is 0.0338. The molecule has 0 radical (unpaired) electrons. The summed E-state index contributed by atoms with van der Waals surface area (Å²) in [5.74, 6) is 0.985. The van der Waals surface area contributed by atoms with Crippen molar-refractivity contribution in [3.8, 4) is 11.5 Å². The first-order valence-corrected chi connectivity index (χ1v) is 13.8. The van der Waals surface area contributed by atoms with E-state index >= 15 is 0 Å². The Labute approximate surface area is 239 Å². The third kappa shape index (κ3) is 5.45. The molecule has 8 heteroatoms. The van der Waals surface area contributed by atoms with E-state index in [0.717, 1.165) is 23.2 Å². The van der Waals surface area contributed by atoms with Crippen molar-refractivity contribution < 1.29 is 19.1 Å². The van der Waals surface area contributed by atoms with Crippen molar-refractivity contribution in [2.24, 2.45) is 0 Å². The Morgan fingerprint density at radius 3 is 2.73 bits per heavy atom. The van der Waals surface area contributed by atoms with E-state index in [0.29, 0.717) is 42.3 Å². The van der Waals surface area contributed by atoms with E-state index in [1.807, 2.05) is 49.4 Å². The molecule has 1 fully saturated rings. The zero-order valence-corrected chi connectivity index (χ0v) is 23.1. The van der Waals surface area contributed by atoms with Gasteiger partial charge in [-0.25, -0.2) is 4.79 Å². The number of amides is 3. The Hall–Kier alpha value is -4.85. The fourth-order valence-electron chi connectivity index (χ4n) is 5.46. The number of para-hydroxylation sites is 1. The Kier molecular flexibility index (Phi) is 7.05. The molecule has 1 saturated heterocycles. The highest BCUT2D eigenvalue weighted by molar-refractivity contribution is 5.99. The number of rotatable bonds is 8. The molecule has 2 unspecified atom stereocenters. The summed E-state index contributed by atoms with van der Waals surface area (Å²) in [6.45, 7) is 4.75. The van der Waals surface area contributed by atoms with Crippen molar-refractivity contribution in [3.63, 3.8) is 0 Å². The van der Waals surface area contributed by atoms with E-state index in [2.05, 4.69) is 46.8 Å². The third-order valence-electron chi connectivity index (χ3n) is 7.55. The summed E-state index contributed by atoms with van der Waals surface area (Å²) < 4.78 is 12.7. The minimum Gasteiger partial charge on any atom is -0.483 e. The van der Waals surface area contributed by atoms with Crippen molar-refractivity contribution in [2.75, 3.05) is 11.4 Å². The van der Waals surface area contributed by atoms with Crippen LogP contribution in [0.3, 0.4) is 0 Å². The molecular weight excluding hydrogens is 516 g/mol. The molecule has 208 valence electrons. The van der Waals surface area contributed by atoms with E-state index in [-0.39, 0.29) is 18.0 Å². The van der Waals surface area contributed by atoms with Crippen LogP contribution < -0.4 is 25.0 Å². The highest BCUT2D eigenvalue weighted by atomic mass is 16.5. The molecule has 3 aromatic carbocycles. The number of hydrogen-bond acceptors (Lipinski definition) is 5. The maximum atomic E-state index is 13.4. The van der Waals surface area contributed by atoms with Crippen molar-refractivity contribution in [3.05, 3.63) is 119 Å². The first-order valence-electron chi connectivity index (χ1n) is 13.8. The molecule has 2 bridgehead atoms. The maximum Gasteiger partial charge on any atom is 0.325 e. The van der Waals surface area contributed by atoms with E-state index in [4.69, 9.17) is 9.47 Å². The SMILES string of the molecule is Cc1ccc(CCNC(=O)c2cccc(N3C(=O)NC4CC3(C)Oc3c(OCc5ccccn5)cccc34)c2)cc1. The molecule has 1 aromatic heterocycles. The smallest absolute Gasteiger partial charge is 0.325 e. The van der Waals surface area contributed by atoms with Gasteiger partial charge < -0.3 is 20.1 Å². The van der Waals surface area contributed by atoms with Gasteiger partial charge in [-0.05, 0) is 62.2 Å². The molecule has 2 N–H and O–H groups in total. The molecule has 3 amide bonds. The van der Waals surface area contributed by atoms with Crippen LogP contribution in [0.15, 0.2) is 91.1 Å². The lowest BCUT2D eigenvalue weighted by Crippen LogP contribution is -2.65. The van der Waals surface area contributed by atoms with Gasteiger partial charge in [0.2, 0.25) is 0 Å². The van der Waals surface area contributed by atoms with E-state index < -0.39 is 5.72 Å². The molecule has 3 heterocycles. The second kappa shape index (κ2) is 11.0. The first-order chi connectivity index (χ1) is 19.9. The van der Waals surface area contributed by atoms with E-state index in [1.165, 1.54) is 5.56 Å². The van der Waals surface area contributed by atoms with Crippen LogP contribution in [-0.4, -0.2) is 29.2 Å². The summed E-state index contributed by atoms with van der Waals surface area (Å²) in [4.78, 5) is 32.4. The number of aromatic nitrogens is 1. The van der Waals surface area contributed by atoms with Gasteiger partial charge in [0.1, 0.15) is 6.61 Å². The quantitative estimate of drug-likeness (QED) is 0.294. The third-order valence-corrected chi connectivity index (χ3v) is 7.55. The largest absolute Gasteiger partial charge is 0.483 e. The highest BCUT2D eigenvalue weighted by Gasteiger charge is 2.50. The molecule has 0 saturated carbocycles. The number of benzene rings is 3. The fourth-order valence-corrected chi connectivity index (χ4v) is 5.46. The van der Waals surface area contributed by atoms with Gasteiger partial charge in [0.25, 0.3) is 5.91 Å². The van der Waals surface area contributed by atoms with Crippen LogP contribution in [-0.2, 0) is 13.0 Å². The van der Waals surface area contributed by atoms with Gasteiger partial charge in [0, 0.05) is 30.3 Å². The molecule has 41 heavy (non-hydrogen) atoms. The fraction of sp³-hybridized carbons (Fsp3) is 0.242. The summed E-state index contributed by atoms with van der Waals surface area (Å²) in [5, 5.41) is 6.12. The average Bonchev–Trinajstić information content (AvgIpc) is 2.97. The Balaban J connectivity index is 1.20. The second-order valence-electron chi connectivity index (χ2n) is 10.6. The second-order valence-corrected chi connectivity index (χ2v) is 10.6.